The summed E-state index contributed by atoms with van der Waals surface area (Å²) in [4.78, 5) is 18.4. The molecule has 0 amide bonds. The van der Waals surface area contributed by atoms with Gasteiger partial charge in [0.2, 0.25) is 0 Å². The topological polar surface area (TPSA) is 54.8 Å². The third kappa shape index (κ3) is 3.91. The van der Waals surface area contributed by atoms with Crippen LogP contribution in [0.3, 0.4) is 0 Å². The lowest BCUT2D eigenvalue weighted by Crippen LogP contribution is -2.19. The molecule has 1 aliphatic rings. The predicted octanol–water partition coefficient (Wildman–Crippen LogP) is 4.86. The van der Waals surface area contributed by atoms with Gasteiger partial charge in [-0.15, -0.1) is 0 Å². The quantitative estimate of drug-likeness (QED) is 0.582. The minimum absolute atomic E-state index is 0.183. The van der Waals surface area contributed by atoms with E-state index in [0.29, 0.717) is 11.3 Å². The monoisotopic (exact) mass is 405 g/mol. The Labute approximate surface area is 163 Å². The molecule has 3 aromatic rings. The fourth-order valence-corrected chi connectivity index (χ4v) is 3.28. The summed E-state index contributed by atoms with van der Waals surface area (Å²) in [7, 11) is 0. The Morgan fingerprint density at radius 3 is 2.29 bits per heavy atom. The van der Waals surface area contributed by atoms with Gasteiger partial charge in [-0.1, -0.05) is 23.7 Å². The molecular formula is C19H15ClF3N5. The summed E-state index contributed by atoms with van der Waals surface area (Å²) in [6, 6.07) is 8.07. The molecule has 2 aromatic heterocycles. The van der Waals surface area contributed by atoms with Crippen molar-refractivity contribution in [2.24, 2.45) is 0 Å². The molecule has 0 spiro atoms. The second-order valence-electron chi connectivity index (χ2n) is 6.38. The molecule has 1 aliphatic heterocycles. The van der Waals surface area contributed by atoms with Crippen LogP contribution in [-0.2, 0) is 6.18 Å². The lowest BCUT2D eigenvalue weighted by atomic mass is 10.2. The van der Waals surface area contributed by atoms with E-state index >= 15 is 0 Å². The Kier molecular flexibility index (Phi) is 4.89. The average molecular weight is 406 g/mol. The zero-order valence-electron chi connectivity index (χ0n) is 14.6. The summed E-state index contributed by atoms with van der Waals surface area (Å²) in [5.41, 5.74) is -0.788. The van der Waals surface area contributed by atoms with Crippen LogP contribution in [0.4, 0.5) is 19.0 Å². The first-order valence-corrected chi connectivity index (χ1v) is 9.09. The standard InChI is InChI=1S/C19H15ClF3N5/c20-15-11-17(28-9-3-4-10-28)27-16(26-15)8-7-14-18(19(21,22)23)25-13-6-2-1-5-12(13)24-14/h1-2,5-8,11H,3-4,9-10H2/b8-7+. The summed E-state index contributed by atoms with van der Waals surface area (Å²) < 4.78 is 40.3. The zero-order chi connectivity index (χ0) is 19.7. The van der Waals surface area contributed by atoms with E-state index in [0.717, 1.165) is 25.9 Å². The van der Waals surface area contributed by atoms with Crippen LogP contribution in [0.2, 0.25) is 5.15 Å². The second kappa shape index (κ2) is 7.35. The summed E-state index contributed by atoms with van der Waals surface area (Å²) in [6.07, 6.45) is 0.0939. The molecule has 28 heavy (non-hydrogen) atoms. The van der Waals surface area contributed by atoms with Gasteiger partial charge in [0.15, 0.2) is 11.5 Å². The van der Waals surface area contributed by atoms with Gasteiger partial charge in [0.25, 0.3) is 0 Å². The van der Waals surface area contributed by atoms with Crippen molar-refractivity contribution in [3.63, 3.8) is 0 Å². The molecule has 0 atom stereocenters. The van der Waals surface area contributed by atoms with Gasteiger partial charge in [0.05, 0.1) is 16.7 Å². The number of anilines is 1. The Bertz CT molecular complexity index is 1050. The number of fused-ring (bicyclic) bond motifs is 1. The number of benzene rings is 1. The largest absolute Gasteiger partial charge is 0.435 e. The van der Waals surface area contributed by atoms with Crippen LogP contribution >= 0.6 is 11.6 Å². The van der Waals surface area contributed by atoms with Crippen molar-refractivity contribution in [1.29, 1.82) is 0 Å². The van der Waals surface area contributed by atoms with Crippen LogP contribution in [0.15, 0.2) is 30.3 Å². The fourth-order valence-electron chi connectivity index (χ4n) is 3.10. The molecule has 1 aromatic carbocycles. The molecule has 0 aliphatic carbocycles. The van der Waals surface area contributed by atoms with Crippen molar-refractivity contribution in [2.45, 2.75) is 19.0 Å². The van der Waals surface area contributed by atoms with Crippen molar-refractivity contribution < 1.29 is 13.2 Å². The van der Waals surface area contributed by atoms with Crippen LogP contribution in [-0.4, -0.2) is 33.0 Å². The summed E-state index contributed by atoms with van der Waals surface area (Å²) >= 11 is 6.07. The number of hydrogen-bond acceptors (Lipinski definition) is 5. The van der Waals surface area contributed by atoms with Crippen molar-refractivity contribution in [1.82, 2.24) is 19.9 Å². The number of para-hydroxylation sites is 2. The maximum atomic E-state index is 13.4. The first-order chi connectivity index (χ1) is 13.4. The number of aromatic nitrogens is 4. The molecule has 1 fully saturated rings. The Balaban J connectivity index is 1.74. The van der Waals surface area contributed by atoms with Crippen molar-refractivity contribution >= 4 is 40.6 Å². The maximum absolute atomic E-state index is 13.4. The van der Waals surface area contributed by atoms with Crippen molar-refractivity contribution in [2.75, 3.05) is 18.0 Å². The highest BCUT2D eigenvalue weighted by Gasteiger charge is 2.36. The van der Waals surface area contributed by atoms with Gasteiger partial charge in [-0.3, -0.25) is 0 Å². The lowest BCUT2D eigenvalue weighted by molar-refractivity contribution is -0.141. The highest BCUT2D eigenvalue weighted by molar-refractivity contribution is 6.29. The SMILES string of the molecule is FC(F)(F)c1nc2ccccc2nc1/C=C/c1nc(Cl)cc(N2CCCC2)n1. The Morgan fingerprint density at radius 1 is 0.929 bits per heavy atom. The number of alkyl halides is 3. The van der Waals surface area contributed by atoms with Crippen molar-refractivity contribution in [3.8, 4) is 0 Å². The molecular weight excluding hydrogens is 391 g/mol. The van der Waals surface area contributed by atoms with Crippen molar-refractivity contribution in [3.05, 3.63) is 52.7 Å². The number of hydrogen-bond donors (Lipinski definition) is 0. The molecule has 0 radical (unpaired) electrons. The normalized spacial score (nSPS) is 15.1. The Hall–Kier alpha value is -2.74. The molecule has 144 valence electrons. The van der Waals surface area contributed by atoms with E-state index in [1.54, 1.807) is 24.3 Å². The van der Waals surface area contributed by atoms with Gasteiger partial charge in [0, 0.05) is 19.2 Å². The van der Waals surface area contributed by atoms with Crippen LogP contribution in [0, 0.1) is 0 Å². The minimum atomic E-state index is -4.63. The number of halogens is 4. The molecule has 0 unspecified atom stereocenters. The predicted molar refractivity (Wildman–Crippen MR) is 102 cm³/mol. The van der Waals surface area contributed by atoms with E-state index in [9.17, 15) is 13.2 Å². The fraction of sp³-hybridized carbons (Fsp3) is 0.263. The average Bonchev–Trinajstić information content (AvgIpc) is 3.19. The molecule has 0 saturated carbocycles. The third-order valence-electron chi connectivity index (χ3n) is 4.39. The summed E-state index contributed by atoms with van der Waals surface area (Å²) in [5, 5.41) is 0.234. The van der Waals surface area contributed by atoms with Gasteiger partial charge in [0.1, 0.15) is 11.0 Å². The molecule has 9 heteroatoms. The summed E-state index contributed by atoms with van der Waals surface area (Å²) in [5.74, 6) is 0.885. The molecule has 4 rings (SSSR count). The zero-order valence-corrected chi connectivity index (χ0v) is 15.4. The molecule has 1 saturated heterocycles. The van der Waals surface area contributed by atoms with E-state index < -0.39 is 11.9 Å². The van der Waals surface area contributed by atoms with Crippen LogP contribution < -0.4 is 4.90 Å². The minimum Gasteiger partial charge on any atom is -0.356 e. The highest BCUT2D eigenvalue weighted by Crippen LogP contribution is 2.32. The second-order valence-corrected chi connectivity index (χ2v) is 6.77. The van der Waals surface area contributed by atoms with Crippen LogP contribution in [0.25, 0.3) is 23.2 Å². The van der Waals surface area contributed by atoms with E-state index in [4.69, 9.17) is 11.6 Å². The third-order valence-corrected chi connectivity index (χ3v) is 4.58. The number of rotatable bonds is 3. The van der Waals surface area contributed by atoms with Crippen LogP contribution in [0.5, 0.6) is 0 Å². The number of nitrogens with zero attached hydrogens (tertiary/aromatic N) is 5. The van der Waals surface area contributed by atoms with Gasteiger partial charge in [-0.05, 0) is 37.1 Å². The van der Waals surface area contributed by atoms with E-state index in [-0.39, 0.29) is 22.2 Å². The Morgan fingerprint density at radius 2 is 1.61 bits per heavy atom. The van der Waals surface area contributed by atoms with Gasteiger partial charge in [-0.2, -0.15) is 13.2 Å². The first-order valence-electron chi connectivity index (χ1n) is 8.72. The lowest BCUT2D eigenvalue weighted by Gasteiger charge is -2.16. The first kappa shape index (κ1) is 18.6. The molecule has 0 bridgehead atoms. The highest BCUT2D eigenvalue weighted by atomic mass is 35.5. The molecule has 5 nitrogen and oxygen atoms in total. The van der Waals surface area contributed by atoms with E-state index in [2.05, 4.69) is 24.8 Å². The maximum Gasteiger partial charge on any atom is 0.435 e. The van der Waals surface area contributed by atoms with E-state index in [1.807, 2.05) is 0 Å². The molecule has 3 heterocycles. The van der Waals surface area contributed by atoms with E-state index in [1.165, 1.54) is 18.2 Å². The summed E-state index contributed by atoms with van der Waals surface area (Å²) in [6.45, 7) is 1.73. The van der Waals surface area contributed by atoms with Gasteiger partial charge < -0.3 is 4.90 Å². The van der Waals surface area contributed by atoms with Gasteiger partial charge >= 0.3 is 6.18 Å². The van der Waals surface area contributed by atoms with Crippen LogP contribution in [0.1, 0.15) is 30.1 Å². The molecule has 0 N–H and O–H groups in total. The van der Waals surface area contributed by atoms with Gasteiger partial charge in [-0.25, -0.2) is 19.9 Å². The smallest absolute Gasteiger partial charge is 0.356 e.